The molecule has 0 rings (SSSR count). The van der Waals surface area contributed by atoms with Crippen LogP contribution in [0.15, 0.2) is 122 Å². The Morgan fingerprint density at radius 1 is 0.397 bits per heavy atom. The largest absolute Gasteiger partial charge is 0.462 e. The number of carbonyl (C=O) groups is 3. The van der Waals surface area contributed by atoms with E-state index in [9.17, 15) is 14.4 Å². The number of ether oxygens (including phenoxy) is 3. The predicted octanol–water partition coefficient (Wildman–Crippen LogP) is 14.6. The highest BCUT2D eigenvalue weighted by molar-refractivity contribution is 5.72. The third-order valence-electron chi connectivity index (χ3n) is 8.87. The van der Waals surface area contributed by atoms with Gasteiger partial charge in [-0.2, -0.15) is 0 Å². The molecule has 0 fully saturated rings. The van der Waals surface area contributed by atoms with Gasteiger partial charge in [0.05, 0.1) is 6.42 Å². The zero-order valence-corrected chi connectivity index (χ0v) is 36.8. The lowest BCUT2D eigenvalue weighted by atomic mass is 10.1. The summed E-state index contributed by atoms with van der Waals surface area (Å²) in [6.07, 6.45) is 62.1. The van der Waals surface area contributed by atoms with Crippen LogP contribution in [0.1, 0.15) is 168 Å². The van der Waals surface area contributed by atoms with Crippen LogP contribution in [0, 0.1) is 0 Å². The maximum Gasteiger partial charge on any atom is 0.309 e. The third-order valence-corrected chi connectivity index (χ3v) is 8.87. The number of esters is 3. The summed E-state index contributed by atoms with van der Waals surface area (Å²) in [4.78, 5) is 37.6. The minimum atomic E-state index is -0.835. The van der Waals surface area contributed by atoms with Crippen LogP contribution >= 0.6 is 0 Å². The first kappa shape index (κ1) is 53.8. The van der Waals surface area contributed by atoms with Gasteiger partial charge in [-0.05, 0) is 77.0 Å². The van der Waals surface area contributed by atoms with E-state index >= 15 is 0 Å². The molecule has 0 aliphatic carbocycles. The van der Waals surface area contributed by atoms with E-state index in [2.05, 4.69) is 124 Å². The monoisotopic (exact) mass is 801 g/mol. The minimum Gasteiger partial charge on any atom is -0.462 e. The Balaban J connectivity index is 4.51. The van der Waals surface area contributed by atoms with Crippen LogP contribution < -0.4 is 0 Å². The summed E-state index contributed by atoms with van der Waals surface area (Å²) in [6.45, 7) is 6.17. The molecule has 0 spiro atoms. The molecule has 0 saturated carbocycles. The average Bonchev–Trinajstić information content (AvgIpc) is 3.22. The predicted molar refractivity (Wildman–Crippen MR) is 246 cm³/mol. The van der Waals surface area contributed by atoms with Crippen LogP contribution in [0.25, 0.3) is 0 Å². The molecule has 0 aromatic rings. The van der Waals surface area contributed by atoms with E-state index in [0.29, 0.717) is 6.42 Å². The number of carbonyl (C=O) groups excluding carboxylic acids is 3. The van der Waals surface area contributed by atoms with Crippen molar-refractivity contribution in [2.45, 2.75) is 175 Å². The molecule has 0 aromatic carbocycles. The highest BCUT2D eigenvalue weighted by Gasteiger charge is 2.19. The Kier molecular flexibility index (Phi) is 42.2. The maximum absolute atomic E-state index is 12.7. The number of hydrogen-bond donors (Lipinski definition) is 0. The summed E-state index contributed by atoms with van der Waals surface area (Å²) < 4.78 is 16.5. The van der Waals surface area contributed by atoms with Crippen molar-refractivity contribution in [3.63, 3.8) is 0 Å². The molecule has 0 aliphatic heterocycles. The van der Waals surface area contributed by atoms with Gasteiger partial charge in [-0.1, -0.05) is 194 Å². The Labute approximate surface area is 354 Å². The van der Waals surface area contributed by atoms with Crippen LogP contribution in [0.2, 0.25) is 0 Å². The Bertz CT molecular complexity index is 1290. The van der Waals surface area contributed by atoms with Gasteiger partial charge in [0.25, 0.3) is 0 Å². The van der Waals surface area contributed by atoms with Crippen molar-refractivity contribution in [2.75, 3.05) is 13.2 Å². The molecule has 0 amide bonds. The summed E-state index contributed by atoms with van der Waals surface area (Å²) in [5, 5.41) is 0. The van der Waals surface area contributed by atoms with Gasteiger partial charge in [0.2, 0.25) is 0 Å². The summed E-state index contributed by atoms with van der Waals surface area (Å²) in [7, 11) is 0. The maximum atomic E-state index is 12.7. The molecule has 0 aliphatic rings. The molecule has 6 nitrogen and oxygen atoms in total. The van der Waals surface area contributed by atoms with Crippen LogP contribution in [0.4, 0.5) is 0 Å². The number of allylic oxidation sites excluding steroid dienone is 19. The molecule has 1 atom stereocenters. The van der Waals surface area contributed by atoms with Crippen molar-refractivity contribution in [3.05, 3.63) is 122 Å². The Morgan fingerprint density at radius 3 is 1.34 bits per heavy atom. The van der Waals surface area contributed by atoms with E-state index in [4.69, 9.17) is 14.2 Å². The highest BCUT2D eigenvalue weighted by atomic mass is 16.6. The molecular formula is C52H80O6. The second-order valence-corrected chi connectivity index (χ2v) is 14.4. The van der Waals surface area contributed by atoms with E-state index < -0.39 is 12.1 Å². The highest BCUT2D eigenvalue weighted by Crippen LogP contribution is 2.12. The molecule has 58 heavy (non-hydrogen) atoms. The standard InChI is InChI=1S/C52H80O6/c1-4-7-10-13-16-19-21-23-24-25-26-27-29-30-33-36-39-42-45-51(54)57-48-49(47-56-50(53)44-41-38-35-32-18-15-12-9-6-3)58-52(55)46-43-40-37-34-31-28-22-20-17-14-11-8-5-2/h8-9,11-12,14,16-27,32,38,41,49H,4-7,10,13,15,28-31,33-37,39-40,42-48H2,1-3H3/b11-8-,12-9-,17-14-,19-16-,22-20-,23-21-,25-24-,27-26-,32-18-,41-38-. The lowest BCUT2D eigenvalue weighted by Crippen LogP contribution is -2.30. The summed E-state index contributed by atoms with van der Waals surface area (Å²) in [6, 6.07) is 0. The minimum absolute atomic E-state index is 0.120. The van der Waals surface area contributed by atoms with Gasteiger partial charge in [-0.15, -0.1) is 0 Å². The zero-order chi connectivity index (χ0) is 42.3. The molecule has 0 N–H and O–H groups in total. The molecule has 0 aromatic heterocycles. The van der Waals surface area contributed by atoms with E-state index in [-0.39, 0.29) is 38.0 Å². The molecular weight excluding hydrogens is 721 g/mol. The number of rotatable bonds is 38. The average molecular weight is 801 g/mol. The lowest BCUT2D eigenvalue weighted by Gasteiger charge is -2.18. The Hall–Kier alpha value is -4.19. The van der Waals surface area contributed by atoms with Crippen molar-refractivity contribution in [2.24, 2.45) is 0 Å². The smallest absolute Gasteiger partial charge is 0.309 e. The van der Waals surface area contributed by atoms with Gasteiger partial charge in [0.1, 0.15) is 13.2 Å². The first-order valence-electron chi connectivity index (χ1n) is 22.6. The first-order chi connectivity index (χ1) is 28.5. The topological polar surface area (TPSA) is 78.9 Å². The molecule has 1 unspecified atom stereocenters. The van der Waals surface area contributed by atoms with Crippen LogP contribution in [-0.2, 0) is 28.6 Å². The summed E-state index contributed by atoms with van der Waals surface area (Å²) in [5.41, 5.74) is 0. The van der Waals surface area contributed by atoms with E-state index in [1.54, 1.807) is 6.08 Å². The van der Waals surface area contributed by atoms with Gasteiger partial charge in [0.15, 0.2) is 6.10 Å². The van der Waals surface area contributed by atoms with Crippen LogP contribution in [0.5, 0.6) is 0 Å². The fraction of sp³-hybridized carbons (Fsp3) is 0.558. The van der Waals surface area contributed by atoms with Gasteiger partial charge in [-0.25, -0.2) is 0 Å². The molecule has 324 valence electrons. The molecule has 0 saturated heterocycles. The third kappa shape index (κ3) is 42.9. The van der Waals surface area contributed by atoms with Crippen molar-refractivity contribution in [1.82, 2.24) is 0 Å². The quantitative estimate of drug-likeness (QED) is 0.0203. The molecule has 0 bridgehead atoms. The van der Waals surface area contributed by atoms with Crippen LogP contribution in [0.3, 0.4) is 0 Å². The van der Waals surface area contributed by atoms with Crippen LogP contribution in [-0.4, -0.2) is 37.2 Å². The fourth-order valence-corrected chi connectivity index (χ4v) is 5.51. The van der Waals surface area contributed by atoms with Gasteiger partial charge >= 0.3 is 17.9 Å². The van der Waals surface area contributed by atoms with Crippen molar-refractivity contribution in [1.29, 1.82) is 0 Å². The second-order valence-electron chi connectivity index (χ2n) is 14.4. The van der Waals surface area contributed by atoms with Crippen molar-refractivity contribution >= 4 is 17.9 Å². The lowest BCUT2D eigenvalue weighted by molar-refractivity contribution is -0.166. The van der Waals surface area contributed by atoms with E-state index in [1.807, 2.05) is 12.2 Å². The van der Waals surface area contributed by atoms with Crippen molar-refractivity contribution < 1.29 is 28.6 Å². The first-order valence-corrected chi connectivity index (χ1v) is 22.6. The van der Waals surface area contributed by atoms with Gasteiger partial charge < -0.3 is 14.2 Å². The van der Waals surface area contributed by atoms with Gasteiger partial charge in [-0.3, -0.25) is 14.4 Å². The van der Waals surface area contributed by atoms with Crippen molar-refractivity contribution in [3.8, 4) is 0 Å². The zero-order valence-electron chi connectivity index (χ0n) is 36.8. The number of hydrogen-bond acceptors (Lipinski definition) is 6. The van der Waals surface area contributed by atoms with E-state index in [0.717, 1.165) is 109 Å². The second kappa shape index (κ2) is 45.5. The SMILES string of the molecule is CC\C=C/C=C\C=C/CCCCCCCC(=O)OC(COC(=O)C/C=C\C/C=C\C/C=C\CC)COC(=O)CCCCCCC\C=C/C=C\C=C/C=C\CCCCC. The van der Waals surface area contributed by atoms with Gasteiger partial charge in [0, 0.05) is 12.8 Å². The molecule has 6 heteroatoms. The van der Waals surface area contributed by atoms with E-state index in [1.165, 1.54) is 19.3 Å². The summed E-state index contributed by atoms with van der Waals surface area (Å²) in [5.74, 6) is -1.12. The molecule has 0 radical (unpaired) electrons. The normalized spacial score (nSPS) is 13.2. The Morgan fingerprint density at radius 2 is 0.810 bits per heavy atom. The summed E-state index contributed by atoms with van der Waals surface area (Å²) >= 11 is 0. The fourth-order valence-electron chi connectivity index (χ4n) is 5.51. The molecule has 0 heterocycles. The number of unbranched alkanes of at least 4 members (excludes halogenated alkanes) is 13.